The molecule has 4 aromatic rings. The zero-order valence-electron chi connectivity index (χ0n) is 15.2. The van der Waals surface area contributed by atoms with Crippen molar-refractivity contribution in [1.82, 2.24) is 5.32 Å². The van der Waals surface area contributed by atoms with Gasteiger partial charge in [0.15, 0.2) is 0 Å². The zero-order chi connectivity index (χ0) is 19.5. The van der Waals surface area contributed by atoms with E-state index in [2.05, 4.69) is 5.32 Å². The Balaban J connectivity index is 1.71. The van der Waals surface area contributed by atoms with Crippen molar-refractivity contribution in [2.45, 2.75) is 6.04 Å². The van der Waals surface area contributed by atoms with Crippen molar-refractivity contribution in [3.8, 4) is 5.75 Å². The van der Waals surface area contributed by atoms with E-state index >= 15 is 0 Å². The molecular weight excluding hydrogens is 357 g/mol. The zero-order valence-corrected chi connectivity index (χ0v) is 15.2. The maximum Gasteiger partial charge on any atom is 0.255 e. The summed E-state index contributed by atoms with van der Waals surface area (Å²) in [6.07, 6.45) is 0. The van der Waals surface area contributed by atoms with E-state index in [0.29, 0.717) is 11.5 Å². The standard InChI is InChI=1S/C23H18FNO3/c1-27-17-11-12-18(19(24)14-17)23(26)25-22(15-7-3-2-4-8-15)21-13-16-9-5-6-10-20(16)28-21/h2-14,22H,1H3,(H,25,26). The highest BCUT2D eigenvalue weighted by Crippen LogP contribution is 2.29. The Kier molecular flexibility index (Phi) is 4.81. The Morgan fingerprint density at radius 2 is 1.75 bits per heavy atom. The Bertz CT molecular complexity index is 1090. The fourth-order valence-electron chi connectivity index (χ4n) is 3.12. The first-order chi connectivity index (χ1) is 13.7. The van der Waals surface area contributed by atoms with Crippen LogP contribution in [0.5, 0.6) is 5.75 Å². The number of amides is 1. The van der Waals surface area contributed by atoms with Crippen molar-refractivity contribution in [2.75, 3.05) is 7.11 Å². The summed E-state index contributed by atoms with van der Waals surface area (Å²) in [6.45, 7) is 0. The van der Waals surface area contributed by atoms with E-state index in [1.165, 1.54) is 19.2 Å². The summed E-state index contributed by atoms with van der Waals surface area (Å²) in [7, 11) is 1.45. The predicted molar refractivity (Wildman–Crippen MR) is 105 cm³/mol. The molecule has 1 heterocycles. The molecule has 0 spiro atoms. The lowest BCUT2D eigenvalue weighted by Gasteiger charge is -2.17. The van der Waals surface area contributed by atoms with Crippen molar-refractivity contribution in [1.29, 1.82) is 0 Å². The van der Waals surface area contributed by atoms with Gasteiger partial charge in [0.2, 0.25) is 0 Å². The first-order valence-corrected chi connectivity index (χ1v) is 8.83. The van der Waals surface area contributed by atoms with Gasteiger partial charge in [0, 0.05) is 11.5 Å². The molecule has 1 unspecified atom stereocenters. The minimum atomic E-state index is -0.645. The Morgan fingerprint density at radius 3 is 2.46 bits per heavy atom. The summed E-state index contributed by atoms with van der Waals surface area (Å²) in [5.74, 6) is -0.247. The molecule has 3 aromatic carbocycles. The number of hydrogen-bond acceptors (Lipinski definition) is 3. The van der Waals surface area contributed by atoms with E-state index in [-0.39, 0.29) is 5.56 Å². The summed E-state index contributed by atoms with van der Waals surface area (Å²) in [5.41, 5.74) is 1.50. The number of nitrogens with one attached hydrogen (secondary N) is 1. The molecule has 1 amide bonds. The molecule has 1 N–H and O–H groups in total. The third kappa shape index (κ3) is 3.47. The fourth-order valence-corrected chi connectivity index (χ4v) is 3.12. The Hall–Kier alpha value is -3.60. The molecule has 0 aliphatic carbocycles. The summed E-state index contributed by atoms with van der Waals surface area (Å²) in [4.78, 5) is 12.8. The average molecular weight is 375 g/mol. The number of ether oxygens (including phenoxy) is 1. The van der Waals surface area contributed by atoms with Gasteiger partial charge in [0.25, 0.3) is 5.91 Å². The van der Waals surface area contributed by atoms with Gasteiger partial charge in [-0.15, -0.1) is 0 Å². The third-order valence-corrected chi connectivity index (χ3v) is 4.56. The van der Waals surface area contributed by atoms with Crippen LogP contribution in [0.1, 0.15) is 27.7 Å². The van der Waals surface area contributed by atoms with Crippen LogP contribution in [-0.2, 0) is 0 Å². The maximum absolute atomic E-state index is 14.3. The quantitative estimate of drug-likeness (QED) is 0.528. The second-order valence-corrected chi connectivity index (χ2v) is 6.35. The van der Waals surface area contributed by atoms with E-state index in [9.17, 15) is 9.18 Å². The van der Waals surface area contributed by atoms with Crippen LogP contribution in [0.3, 0.4) is 0 Å². The SMILES string of the molecule is COc1ccc(C(=O)NC(c2ccccc2)c2cc3ccccc3o2)c(F)c1. The van der Waals surface area contributed by atoms with Crippen molar-refractivity contribution in [3.05, 3.63) is 102 Å². The second kappa shape index (κ2) is 7.56. The largest absolute Gasteiger partial charge is 0.497 e. The monoisotopic (exact) mass is 375 g/mol. The minimum absolute atomic E-state index is 0.0576. The van der Waals surface area contributed by atoms with Gasteiger partial charge in [0.05, 0.1) is 12.7 Å². The van der Waals surface area contributed by atoms with Crippen molar-refractivity contribution in [2.24, 2.45) is 0 Å². The smallest absolute Gasteiger partial charge is 0.255 e. The molecule has 0 saturated heterocycles. The van der Waals surface area contributed by atoms with Crippen LogP contribution in [0.2, 0.25) is 0 Å². The number of halogens is 1. The van der Waals surface area contributed by atoms with Crippen LogP contribution in [0.25, 0.3) is 11.0 Å². The number of hydrogen-bond donors (Lipinski definition) is 1. The van der Waals surface area contributed by atoms with Gasteiger partial charge in [-0.1, -0.05) is 48.5 Å². The number of carbonyl (C=O) groups is 1. The molecule has 28 heavy (non-hydrogen) atoms. The number of para-hydroxylation sites is 1. The first-order valence-electron chi connectivity index (χ1n) is 8.83. The van der Waals surface area contributed by atoms with Crippen molar-refractivity contribution < 1.29 is 18.3 Å². The molecule has 1 aromatic heterocycles. The summed E-state index contributed by atoms with van der Waals surface area (Å²) < 4.78 is 25.3. The van der Waals surface area contributed by atoms with Crippen molar-refractivity contribution in [3.63, 3.8) is 0 Å². The van der Waals surface area contributed by atoms with Gasteiger partial charge in [-0.25, -0.2) is 4.39 Å². The summed E-state index contributed by atoms with van der Waals surface area (Å²) in [6, 6.07) is 22.5. The first kappa shape index (κ1) is 17.8. The second-order valence-electron chi connectivity index (χ2n) is 6.35. The molecule has 1 atom stereocenters. The van der Waals surface area contributed by atoms with Crippen LogP contribution in [0.15, 0.2) is 83.3 Å². The number of rotatable bonds is 5. The molecular formula is C23H18FNO3. The Labute approximate surface area is 161 Å². The van der Waals surface area contributed by atoms with Gasteiger partial charge in [0.1, 0.15) is 29.0 Å². The average Bonchev–Trinajstić information content (AvgIpc) is 3.16. The number of carbonyl (C=O) groups excluding carboxylic acids is 1. The van der Waals surface area contributed by atoms with E-state index in [1.807, 2.05) is 60.7 Å². The predicted octanol–water partition coefficient (Wildman–Crippen LogP) is 5.10. The molecule has 140 valence electrons. The lowest BCUT2D eigenvalue weighted by Crippen LogP contribution is -2.29. The molecule has 0 aliphatic rings. The van der Waals surface area contributed by atoms with E-state index in [1.54, 1.807) is 6.07 Å². The summed E-state index contributed by atoms with van der Waals surface area (Å²) >= 11 is 0. The molecule has 0 aliphatic heterocycles. The molecule has 5 heteroatoms. The van der Waals surface area contributed by atoms with Crippen LogP contribution in [0.4, 0.5) is 4.39 Å². The van der Waals surface area contributed by atoms with Gasteiger partial charge in [-0.2, -0.15) is 0 Å². The Morgan fingerprint density at radius 1 is 1.00 bits per heavy atom. The molecule has 0 bridgehead atoms. The molecule has 0 saturated carbocycles. The lowest BCUT2D eigenvalue weighted by molar-refractivity contribution is 0.0935. The van der Waals surface area contributed by atoms with Gasteiger partial charge in [-0.05, 0) is 29.8 Å². The highest BCUT2D eigenvalue weighted by molar-refractivity contribution is 5.95. The maximum atomic E-state index is 14.3. The number of benzene rings is 3. The normalized spacial score (nSPS) is 11.9. The van der Waals surface area contributed by atoms with E-state index in [4.69, 9.17) is 9.15 Å². The van der Waals surface area contributed by atoms with Crippen LogP contribution in [0, 0.1) is 5.82 Å². The molecule has 4 nitrogen and oxygen atoms in total. The minimum Gasteiger partial charge on any atom is -0.497 e. The van der Waals surface area contributed by atoms with E-state index < -0.39 is 17.8 Å². The van der Waals surface area contributed by atoms with Crippen LogP contribution in [-0.4, -0.2) is 13.0 Å². The van der Waals surface area contributed by atoms with Crippen LogP contribution < -0.4 is 10.1 Å². The molecule has 0 fully saturated rings. The highest BCUT2D eigenvalue weighted by atomic mass is 19.1. The van der Waals surface area contributed by atoms with Crippen molar-refractivity contribution >= 4 is 16.9 Å². The molecule has 4 rings (SSSR count). The molecule has 0 radical (unpaired) electrons. The fraction of sp³-hybridized carbons (Fsp3) is 0.0870. The number of fused-ring (bicyclic) bond motifs is 1. The van der Waals surface area contributed by atoms with E-state index in [0.717, 1.165) is 16.5 Å². The van der Waals surface area contributed by atoms with Gasteiger partial charge in [-0.3, -0.25) is 4.79 Å². The lowest BCUT2D eigenvalue weighted by atomic mass is 10.0. The topological polar surface area (TPSA) is 51.5 Å². The highest BCUT2D eigenvalue weighted by Gasteiger charge is 2.23. The number of furan rings is 1. The number of methoxy groups -OCH3 is 1. The van der Waals surface area contributed by atoms with Gasteiger partial charge < -0.3 is 14.5 Å². The third-order valence-electron chi connectivity index (χ3n) is 4.56. The summed E-state index contributed by atoms with van der Waals surface area (Å²) in [5, 5.41) is 3.83. The van der Waals surface area contributed by atoms with Gasteiger partial charge >= 0.3 is 0 Å². The van der Waals surface area contributed by atoms with Crippen LogP contribution >= 0.6 is 0 Å².